The molecule has 1 N–H and O–H groups in total. The number of halogens is 1. The molecule has 0 aromatic rings. The second-order valence-corrected chi connectivity index (χ2v) is 4.83. The smallest absolute Gasteiger partial charge is 0.303 e. The summed E-state index contributed by atoms with van der Waals surface area (Å²) < 4.78 is 34.6. The van der Waals surface area contributed by atoms with E-state index in [0.29, 0.717) is 0 Å². The van der Waals surface area contributed by atoms with E-state index in [9.17, 15) is 18.8 Å². The molecule has 1 heterocycles. The van der Waals surface area contributed by atoms with E-state index in [2.05, 4.69) is 5.32 Å². The van der Waals surface area contributed by atoms with Crippen LogP contribution in [0.4, 0.5) is 4.39 Å². The minimum absolute atomic E-state index is 0.360. The SMILES string of the molecule is CO[C@@H]1O[C@H](COC(C)=O)[C@H](F)[C@H](OC(C)=O)[C@H]1NC(C)=O. The monoisotopic (exact) mass is 321 g/mol. The fourth-order valence-corrected chi connectivity index (χ4v) is 2.14. The maximum atomic E-state index is 14.5. The highest BCUT2D eigenvalue weighted by Gasteiger charge is 2.49. The van der Waals surface area contributed by atoms with Gasteiger partial charge in [-0.1, -0.05) is 0 Å². The van der Waals surface area contributed by atoms with E-state index >= 15 is 0 Å². The van der Waals surface area contributed by atoms with Crippen molar-refractivity contribution in [1.29, 1.82) is 0 Å². The first-order valence-electron chi connectivity index (χ1n) is 6.66. The summed E-state index contributed by atoms with van der Waals surface area (Å²) in [4.78, 5) is 33.3. The summed E-state index contributed by atoms with van der Waals surface area (Å²) in [5, 5.41) is 2.44. The number of rotatable bonds is 5. The predicted octanol–water partition coefficient (Wildman–Crippen LogP) is -0.305. The Balaban J connectivity index is 2.95. The van der Waals surface area contributed by atoms with Crippen LogP contribution in [0.25, 0.3) is 0 Å². The lowest BCUT2D eigenvalue weighted by Gasteiger charge is -2.42. The molecular formula is C13H20FNO7. The standard InChI is InChI=1S/C13H20FNO7/c1-6(16)15-11-12(21-8(3)18)10(14)9(5-20-7(2)17)22-13(11)19-4/h9-13H,5H2,1-4H3,(H,15,16)/t9-,10+,11-,12+,13-/m1/s1. The number of hydrogen-bond acceptors (Lipinski definition) is 7. The summed E-state index contributed by atoms with van der Waals surface area (Å²) in [6.45, 7) is 3.17. The van der Waals surface area contributed by atoms with Crippen molar-refractivity contribution >= 4 is 17.8 Å². The Bertz CT molecular complexity index is 431. The Morgan fingerprint density at radius 2 is 1.82 bits per heavy atom. The minimum Gasteiger partial charge on any atom is -0.463 e. The van der Waals surface area contributed by atoms with Crippen LogP contribution in [0.5, 0.6) is 0 Å². The average Bonchev–Trinajstić information content (AvgIpc) is 2.41. The van der Waals surface area contributed by atoms with Crippen molar-refractivity contribution in [1.82, 2.24) is 5.32 Å². The molecule has 0 saturated carbocycles. The highest BCUT2D eigenvalue weighted by atomic mass is 19.1. The first-order valence-corrected chi connectivity index (χ1v) is 6.66. The normalized spacial score (nSPS) is 31.2. The number of nitrogens with one attached hydrogen (secondary N) is 1. The van der Waals surface area contributed by atoms with Crippen LogP contribution in [-0.2, 0) is 33.3 Å². The minimum atomic E-state index is -1.80. The van der Waals surface area contributed by atoms with E-state index in [1.807, 2.05) is 0 Å². The Morgan fingerprint density at radius 3 is 2.27 bits per heavy atom. The molecule has 8 nitrogen and oxygen atoms in total. The van der Waals surface area contributed by atoms with E-state index < -0.39 is 48.6 Å². The van der Waals surface area contributed by atoms with Crippen molar-refractivity contribution in [3.63, 3.8) is 0 Å². The van der Waals surface area contributed by atoms with Crippen LogP contribution in [0.1, 0.15) is 20.8 Å². The molecule has 126 valence electrons. The molecule has 0 aromatic heterocycles. The molecule has 22 heavy (non-hydrogen) atoms. The van der Waals surface area contributed by atoms with Gasteiger partial charge in [-0.05, 0) is 0 Å². The van der Waals surface area contributed by atoms with Crippen LogP contribution >= 0.6 is 0 Å². The number of amides is 1. The molecule has 1 amide bonds. The second-order valence-electron chi connectivity index (χ2n) is 4.83. The molecule has 0 bridgehead atoms. The fraction of sp³-hybridized carbons (Fsp3) is 0.769. The summed E-state index contributed by atoms with van der Waals surface area (Å²) >= 11 is 0. The molecule has 1 aliphatic heterocycles. The van der Waals surface area contributed by atoms with E-state index in [-0.39, 0.29) is 6.61 Å². The lowest BCUT2D eigenvalue weighted by atomic mass is 9.97. The number of alkyl halides is 1. The van der Waals surface area contributed by atoms with Gasteiger partial charge in [0.1, 0.15) is 18.8 Å². The summed E-state index contributed by atoms with van der Waals surface area (Å²) in [6.07, 6.45) is -5.35. The van der Waals surface area contributed by atoms with Crippen molar-refractivity contribution in [2.45, 2.75) is 51.5 Å². The number of carbonyl (C=O) groups is 3. The molecular weight excluding hydrogens is 301 g/mol. The van der Waals surface area contributed by atoms with Crippen LogP contribution in [0.15, 0.2) is 0 Å². The van der Waals surface area contributed by atoms with E-state index in [1.54, 1.807) is 0 Å². The Labute approximate surface area is 127 Å². The Morgan fingerprint density at radius 1 is 1.18 bits per heavy atom. The van der Waals surface area contributed by atoms with E-state index in [4.69, 9.17) is 18.9 Å². The van der Waals surface area contributed by atoms with Gasteiger partial charge in [-0.3, -0.25) is 14.4 Å². The topological polar surface area (TPSA) is 100 Å². The number of esters is 2. The van der Waals surface area contributed by atoms with Gasteiger partial charge in [0.2, 0.25) is 5.91 Å². The molecule has 0 spiro atoms. The number of methoxy groups -OCH3 is 1. The third-order valence-corrected chi connectivity index (χ3v) is 2.98. The van der Waals surface area contributed by atoms with E-state index in [1.165, 1.54) is 21.0 Å². The van der Waals surface area contributed by atoms with Crippen molar-refractivity contribution in [3.8, 4) is 0 Å². The second kappa shape index (κ2) is 8.04. The van der Waals surface area contributed by atoms with Gasteiger partial charge in [-0.15, -0.1) is 0 Å². The molecule has 0 aromatic carbocycles. The van der Waals surface area contributed by atoms with Gasteiger partial charge in [-0.2, -0.15) is 0 Å². The molecule has 9 heteroatoms. The van der Waals surface area contributed by atoms with Gasteiger partial charge in [0.05, 0.1) is 0 Å². The number of hydrogen-bond donors (Lipinski definition) is 1. The molecule has 1 saturated heterocycles. The first-order chi connectivity index (χ1) is 10.3. The molecule has 0 unspecified atom stereocenters. The zero-order chi connectivity index (χ0) is 16.9. The largest absolute Gasteiger partial charge is 0.463 e. The van der Waals surface area contributed by atoms with Crippen LogP contribution in [0, 0.1) is 0 Å². The predicted molar refractivity (Wildman–Crippen MR) is 70.4 cm³/mol. The fourth-order valence-electron chi connectivity index (χ4n) is 2.14. The van der Waals surface area contributed by atoms with Crippen molar-refractivity contribution in [3.05, 3.63) is 0 Å². The van der Waals surface area contributed by atoms with Gasteiger partial charge >= 0.3 is 11.9 Å². The molecule has 1 aliphatic rings. The number of ether oxygens (including phenoxy) is 4. The zero-order valence-corrected chi connectivity index (χ0v) is 12.8. The van der Waals surface area contributed by atoms with Crippen LogP contribution in [-0.4, -0.2) is 62.3 Å². The summed E-state index contributed by atoms with van der Waals surface area (Å²) in [6, 6.07) is -1.02. The van der Waals surface area contributed by atoms with Crippen LogP contribution < -0.4 is 5.32 Å². The molecule has 1 fully saturated rings. The Hall–Kier alpha value is -1.74. The summed E-state index contributed by atoms with van der Waals surface area (Å²) in [7, 11) is 1.30. The first kappa shape index (κ1) is 18.3. The maximum Gasteiger partial charge on any atom is 0.303 e. The molecule has 5 atom stereocenters. The number of carbonyl (C=O) groups excluding carboxylic acids is 3. The maximum absolute atomic E-state index is 14.5. The zero-order valence-electron chi connectivity index (χ0n) is 12.8. The lowest BCUT2D eigenvalue weighted by Crippen LogP contribution is -2.64. The van der Waals surface area contributed by atoms with Gasteiger partial charge in [-0.25, -0.2) is 4.39 Å². The van der Waals surface area contributed by atoms with Crippen molar-refractivity contribution < 1.29 is 37.7 Å². The van der Waals surface area contributed by atoms with Gasteiger partial charge in [0.25, 0.3) is 0 Å². The third kappa shape index (κ3) is 4.92. The van der Waals surface area contributed by atoms with Crippen LogP contribution in [0.3, 0.4) is 0 Å². The van der Waals surface area contributed by atoms with Gasteiger partial charge < -0.3 is 24.3 Å². The van der Waals surface area contributed by atoms with Crippen molar-refractivity contribution in [2.75, 3.05) is 13.7 Å². The Kier molecular flexibility index (Phi) is 6.69. The highest BCUT2D eigenvalue weighted by molar-refractivity contribution is 5.73. The quantitative estimate of drug-likeness (QED) is 0.694. The molecule has 0 radical (unpaired) electrons. The summed E-state index contributed by atoms with van der Waals surface area (Å²) in [5.74, 6) is -1.78. The highest BCUT2D eigenvalue weighted by Crippen LogP contribution is 2.27. The van der Waals surface area contributed by atoms with Crippen LogP contribution in [0.2, 0.25) is 0 Å². The van der Waals surface area contributed by atoms with E-state index in [0.717, 1.165) is 6.92 Å². The van der Waals surface area contributed by atoms with Crippen molar-refractivity contribution in [2.24, 2.45) is 0 Å². The van der Waals surface area contributed by atoms with Gasteiger partial charge in [0.15, 0.2) is 18.6 Å². The average molecular weight is 321 g/mol. The lowest BCUT2D eigenvalue weighted by molar-refractivity contribution is -0.256. The molecule has 1 rings (SSSR count). The molecule has 0 aliphatic carbocycles. The summed E-state index contributed by atoms with van der Waals surface area (Å²) in [5.41, 5.74) is 0. The third-order valence-electron chi connectivity index (χ3n) is 2.98. The van der Waals surface area contributed by atoms with Gasteiger partial charge in [0, 0.05) is 27.9 Å².